The van der Waals surface area contributed by atoms with Crippen molar-refractivity contribution in [3.05, 3.63) is 39.9 Å². The molecular weight excluding hydrogens is 271 g/mol. The Morgan fingerprint density at radius 2 is 1.79 bits per heavy atom. The molecule has 2 aromatic rings. The van der Waals surface area contributed by atoms with Crippen LogP contribution in [0.4, 0.5) is 22.0 Å². The van der Waals surface area contributed by atoms with Gasteiger partial charge >= 0.3 is 6.18 Å². The van der Waals surface area contributed by atoms with E-state index in [1.807, 2.05) is 0 Å². The van der Waals surface area contributed by atoms with Gasteiger partial charge in [0.25, 0.3) is 5.56 Å². The van der Waals surface area contributed by atoms with Crippen molar-refractivity contribution in [3.8, 4) is 0 Å². The van der Waals surface area contributed by atoms with Crippen LogP contribution in [0, 0.1) is 11.6 Å². The van der Waals surface area contributed by atoms with Crippen LogP contribution in [0.3, 0.4) is 0 Å². The standard InChI is InChI=1S/C11H7F5N2O/c12-6-3-5-8(4-7(6)13)17-9(18-10(5)19)1-2-11(14,15)16/h3-4H,1-2H2,(H,17,18,19). The second kappa shape index (κ2) is 4.60. The molecule has 0 fully saturated rings. The van der Waals surface area contributed by atoms with E-state index in [4.69, 9.17) is 0 Å². The van der Waals surface area contributed by atoms with E-state index in [-0.39, 0.29) is 16.7 Å². The van der Waals surface area contributed by atoms with Crippen molar-refractivity contribution < 1.29 is 22.0 Å². The summed E-state index contributed by atoms with van der Waals surface area (Å²) in [5, 5.41) is -0.213. The number of H-pyrrole nitrogens is 1. The molecule has 1 heterocycles. The summed E-state index contributed by atoms with van der Waals surface area (Å²) in [7, 11) is 0. The highest BCUT2D eigenvalue weighted by Gasteiger charge is 2.27. The van der Waals surface area contributed by atoms with Crippen LogP contribution in [0.5, 0.6) is 0 Å². The number of halogens is 5. The van der Waals surface area contributed by atoms with Gasteiger partial charge in [0, 0.05) is 12.5 Å². The van der Waals surface area contributed by atoms with E-state index in [0.717, 1.165) is 0 Å². The van der Waals surface area contributed by atoms with Crippen LogP contribution in [-0.2, 0) is 6.42 Å². The summed E-state index contributed by atoms with van der Waals surface area (Å²) in [6, 6.07) is 1.33. The number of aromatic amines is 1. The Hall–Kier alpha value is -1.99. The highest BCUT2D eigenvalue weighted by molar-refractivity contribution is 5.77. The monoisotopic (exact) mass is 278 g/mol. The van der Waals surface area contributed by atoms with Gasteiger partial charge < -0.3 is 4.98 Å². The molecule has 2 rings (SSSR count). The summed E-state index contributed by atoms with van der Waals surface area (Å²) in [6.45, 7) is 0. The summed E-state index contributed by atoms with van der Waals surface area (Å²) in [6.07, 6.45) is -6.08. The summed E-state index contributed by atoms with van der Waals surface area (Å²) in [5.74, 6) is -2.66. The molecule has 0 aliphatic rings. The van der Waals surface area contributed by atoms with Gasteiger partial charge in [-0.2, -0.15) is 13.2 Å². The second-order valence-electron chi connectivity index (χ2n) is 3.91. The van der Waals surface area contributed by atoms with Gasteiger partial charge in [0.15, 0.2) is 11.6 Å². The number of nitrogens with zero attached hydrogens (tertiary/aromatic N) is 1. The molecule has 0 unspecified atom stereocenters. The lowest BCUT2D eigenvalue weighted by Crippen LogP contribution is -2.15. The summed E-state index contributed by atoms with van der Waals surface area (Å²) < 4.78 is 62.0. The number of nitrogens with one attached hydrogen (secondary N) is 1. The Bertz CT molecular complexity index is 677. The van der Waals surface area contributed by atoms with Crippen LogP contribution in [0.1, 0.15) is 12.2 Å². The van der Waals surface area contributed by atoms with E-state index >= 15 is 0 Å². The van der Waals surface area contributed by atoms with Crippen LogP contribution in [0.15, 0.2) is 16.9 Å². The van der Waals surface area contributed by atoms with Crippen LogP contribution >= 0.6 is 0 Å². The molecule has 0 saturated heterocycles. The van der Waals surface area contributed by atoms with Gasteiger partial charge in [0.05, 0.1) is 17.3 Å². The molecule has 8 heteroatoms. The molecule has 0 radical (unpaired) electrons. The van der Waals surface area contributed by atoms with Gasteiger partial charge in [-0.15, -0.1) is 0 Å². The van der Waals surface area contributed by atoms with Gasteiger partial charge in [0.2, 0.25) is 0 Å². The Morgan fingerprint density at radius 1 is 1.16 bits per heavy atom. The molecule has 1 aromatic carbocycles. The third-order valence-corrected chi connectivity index (χ3v) is 2.44. The molecule has 0 bridgehead atoms. The van der Waals surface area contributed by atoms with Crippen molar-refractivity contribution in [2.24, 2.45) is 0 Å². The van der Waals surface area contributed by atoms with Gasteiger partial charge in [-0.1, -0.05) is 0 Å². The fourth-order valence-corrected chi connectivity index (χ4v) is 1.56. The molecule has 0 atom stereocenters. The van der Waals surface area contributed by atoms with Crippen LogP contribution in [0.25, 0.3) is 10.9 Å². The Balaban J connectivity index is 2.44. The minimum atomic E-state index is -4.39. The number of alkyl halides is 3. The molecule has 0 amide bonds. The van der Waals surface area contributed by atoms with Crippen molar-refractivity contribution in [2.45, 2.75) is 19.0 Å². The Labute approximate surface area is 103 Å². The number of rotatable bonds is 2. The molecule has 0 spiro atoms. The lowest BCUT2D eigenvalue weighted by Gasteiger charge is -2.06. The smallest absolute Gasteiger partial charge is 0.310 e. The number of hydrogen-bond donors (Lipinski definition) is 1. The van der Waals surface area contributed by atoms with Crippen molar-refractivity contribution in [2.75, 3.05) is 0 Å². The first kappa shape index (κ1) is 13.4. The van der Waals surface area contributed by atoms with Crippen LogP contribution in [0.2, 0.25) is 0 Å². The maximum atomic E-state index is 13.0. The normalized spacial score (nSPS) is 12.1. The highest BCUT2D eigenvalue weighted by atomic mass is 19.4. The molecule has 1 aromatic heterocycles. The van der Waals surface area contributed by atoms with Gasteiger partial charge in [-0.05, 0) is 6.07 Å². The minimum Gasteiger partial charge on any atom is -0.310 e. The molecule has 3 nitrogen and oxygen atoms in total. The summed E-state index contributed by atoms with van der Waals surface area (Å²) in [5.41, 5.74) is -0.985. The van der Waals surface area contributed by atoms with Crippen LogP contribution in [-0.4, -0.2) is 16.1 Å². The number of fused-ring (bicyclic) bond motifs is 1. The highest BCUT2D eigenvalue weighted by Crippen LogP contribution is 2.21. The first-order valence-electron chi connectivity index (χ1n) is 5.21. The minimum absolute atomic E-state index is 0.181. The fourth-order valence-electron chi connectivity index (χ4n) is 1.56. The molecule has 0 aliphatic carbocycles. The van der Waals surface area contributed by atoms with Crippen molar-refractivity contribution >= 4 is 10.9 Å². The van der Waals surface area contributed by atoms with E-state index in [0.29, 0.717) is 12.1 Å². The topological polar surface area (TPSA) is 45.8 Å². The van der Waals surface area contributed by atoms with E-state index in [1.165, 1.54) is 0 Å². The lowest BCUT2D eigenvalue weighted by molar-refractivity contribution is -0.134. The SMILES string of the molecule is O=c1[nH]c(CCC(F)(F)F)nc2cc(F)c(F)cc12. The maximum Gasteiger partial charge on any atom is 0.389 e. The molecule has 1 N–H and O–H groups in total. The van der Waals surface area contributed by atoms with Crippen molar-refractivity contribution in [1.29, 1.82) is 0 Å². The first-order chi connectivity index (χ1) is 8.76. The third kappa shape index (κ3) is 3.07. The largest absolute Gasteiger partial charge is 0.389 e. The second-order valence-corrected chi connectivity index (χ2v) is 3.91. The molecule has 102 valence electrons. The zero-order valence-electron chi connectivity index (χ0n) is 9.31. The number of hydrogen-bond acceptors (Lipinski definition) is 2. The third-order valence-electron chi connectivity index (χ3n) is 2.44. The van der Waals surface area contributed by atoms with Crippen molar-refractivity contribution in [1.82, 2.24) is 9.97 Å². The van der Waals surface area contributed by atoms with E-state index < -0.39 is 36.2 Å². The molecule has 0 aliphatic heterocycles. The van der Waals surface area contributed by atoms with E-state index in [9.17, 15) is 26.7 Å². The first-order valence-corrected chi connectivity index (χ1v) is 5.21. The van der Waals surface area contributed by atoms with Crippen molar-refractivity contribution in [3.63, 3.8) is 0 Å². The van der Waals surface area contributed by atoms with E-state index in [1.54, 1.807) is 0 Å². The number of aromatic nitrogens is 2. The Morgan fingerprint density at radius 3 is 2.42 bits per heavy atom. The molecular formula is C11H7F5N2O. The van der Waals surface area contributed by atoms with Gasteiger partial charge in [-0.25, -0.2) is 13.8 Å². The summed E-state index contributed by atoms with van der Waals surface area (Å²) in [4.78, 5) is 17.3. The van der Waals surface area contributed by atoms with Gasteiger partial charge in [0.1, 0.15) is 5.82 Å². The molecule has 19 heavy (non-hydrogen) atoms. The maximum absolute atomic E-state index is 13.0. The van der Waals surface area contributed by atoms with Crippen LogP contribution < -0.4 is 5.56 Å². The number of benzene rings is 1. The van der Waals surface area contributed by atoms with E-state index in [2.05, 4.69) is 9.97 Å². The quantitative estimate of drug-likeness (QED) is 0.858. The summed E-state index contributed by atoms with van der Waals surface area (Å²) >= 11 is 0. The molecule has 0 saturated carbocycles. The zero-order valence-corrected chi connectivity index (χ0v) is 9.31. The average molecular weight is 278 g/mol. The Kier molecular flexibility index (Phi) is 3.25. The zero-order chi connectivity index (χ0) is 14.2. The fraction of sp³-hybridized carbons (Fsp3) is 0.273. The number of aryl methyl sites for hydroxylation is 1. The predicted octanol–water partition coefficient (Wildman–Crippen LogP) is 2.70. The lowest BCUT2D eigenvalue weighted by atomic mass is 10.2. The predicted molar refractivity (Wildman–Crippen MR) is 56.7 cm³/mol. The van der Waals surface area contributed by atoms with Gasteiger partial charge in [-0.3, -0.25) is 4.79 Å². The average Bonchev–Trinajstić information content (AvgIpc) is 2.28.